The first-order valence-corrected chi connectivity index (χ1v) is 7.96. The summed E-state index contributed by atoms with van der Waals surface area (Å²) in [6.45, 7) is 9.49. The number of hydrogen-bond donors (Lipinski definition) is 1. The molecule has 2 atom stereocenters. The van der Waals surface area contributed by atoms with Crippen molar-refractivity contribution in [3.8, 4) is 0 Å². The van der Waals surface area contributed by atoms with Crippen LogP contribution >= 0.6 is 0 Å². The van der Waals surface area contributed by atoms with Crippen LogP contribution < -0.4 is 10.2 Å². The minimum Gasteiger partial charge on any atom is -0.381 e. The number of likely N-dealkylation sites (N-methyl/N-ethyl adjacent to an activating group) is 1. The monoisotopic (exact) mass is 276 g/mol. The van der Waals surface area contributed by atoms with Crippen LogP contribution in [-0.2, 0) is 4.74 Å². The number of rotatable bonds is 8. The Kier molecular flexibility index (Phi) is 6.34. The molecule has 3 nitrogen and oxygen atoms in total. The second-order valence-corrected chi connectivity index (χ2v) is 5.56. The molecule has 1 aliphatic rings. The zero-order chi connectivity index (χ0) is 14.2. The van der Waals surface area contributed by atoms with Gasteiger partial charge in [0, 0.05) is 37.3 Å². The summed E-state index contributed by atoms with van der Waals surface area (Å²) in [7, 11) is 0. The Morgan fingerprint density at radius 3 is 2.70 bits per heavy atom. The number of hydrogen-bond acceptors (Lipinski definition) is 3. The van der Waals surface area contributed by atoms with E-state index in [4.69, 9.17) is 4.74 Å². The molecule has 0 bridgehead atoms. The number of anilines is 1. The van der Waals surface area contributed by atoms with Crippen molar-refractivity contribution in [1.29, 1.82) is 0 Å². The van der Waals surface area contributed by atoms with E-state index >= 15 is 0 Å². The lowest BCUT2D eigenvalue weighted by Gasteiger charge is -2.32. The fraction of sp³-hybridized carbons (Fsp3) is 0.647. The Balaban J connectivity index is 2.00. The van der Waals surface area contributed by atoms with Gasteiger partial charge in [-0.3, -0.25) is 0 Å². The lowest BCUT2D eigenvalue weighted by Crippen LogP contribution is -2.46. The third-order valence-corrected chi connectivity index (χ3v) is 4.11. The first-order chi connectivity index (χ1) is 9.85. The number of ether oxygens (including phenoxy) is 1. The first-order valence-electron chi connectivity index (χ1n) is 7.96. The molecule has 0 aliphatic carbocycles. The molecule has 1 fully saturated rings. The lowest BCUT2D eigenvalue weighted by molar-refractivity contribution is 0.177. The van der Waals surface area contributed by atoms with Gasteiger partial charge >= 0.3 is 0 Å². The Morgan fingerprint density at radius 2 is 2.10 bits per heavy atom. The van der Waals surface area contributed by atoms with Gasteiger partial charge < -0.3 is 15.0 Å². The van der Waals surface area contributed by atoms with Gasteiger partial charge in [0.1, 0.15) is 0 Å². The van der Waals surface area contributed by atoms with Gasteiger partial charge in [-0.25, -0.2) is 0 Å². The van der Waals surface area contributed by atoms with Crippen LogP contribution in [0.25, 0.3) is 0 Å². The van der Waals surface area contributed by atoms with Crippen LogP contribution in [0.4, 0.5) is 5.69 Å². The highest BCUT2D eigenvalue weighted by molar-refractivity contribution is 5.46. The van der Waals surface area contributed by atoms with Crippen LogP contribution in [0.2, 0.25) is 0 Å². The molecule has 2 unspecified atom stereocenters. The SMILES string of the molecule is CCCNC(CN(CC)c1ccccc1)C1CCOC1. The Labute approximate surface area is 123 Å². The van der Waals surface area contributed by atoms with Crippen molar-refractivity contribution in [2.24, 2.45) is 5.92 Å². The van der Waals surface area contributed by atoms with Crippen LogP contribution in [0.5, 0.6) is 0 Å². The van der Waals surface area contributed by atoms with Gasteiger partial charge in [-0.05, 0) is 38.4 Å². The van der Waals surface area contributed by atoms with Gasteiger partial charge in [-0.15, -0.1) is 0 Å². The maximum absolute atomic E-state index is 5.58. The van der Waals surface area contributed by atoms with Crippen LogP contribution in [-0.4, -0.2) is 38.9 Å². The average Bonchev–Trinajstić information content (AvgIpc) is 3.03. The molecule has 1 aromatic rings. The molecule has 1 aromatic carbocycles. The van der Waals surface area contributed by atoms with Crippen LogP contribution in [0, 0.1) is 5.92 Å². The van der Waals surface area contributed by atoms with Crippen molar-refractivity contribution < 1.29 is 4.74 Å². The van der Waals surface area contributed by atoms with E-state index in [0.29, 0.717) is 12.0 Å². The largest absolute Gasteiger partial charge is 0.381 e. The topological polar surface area (TPSA) is 24.5 Å². The van der Waals surface area contributed by atoms with Crippen molar-refractivity contribution >= 4 is 5.69 Å². The summed E-state index contributed by atoms with van der Waals surface area (Å²) in [5.41, 5.74) is 1.32. The summed E-state index contributed by atoms with van der Waals surface area (Å²) in [5, 5.41) is 3.72. The van der Waals surface area contributed by atoms with Crippen molar-refractivity contribution in [3.05, 3.63) is 30.3 Å². The summed E-state index contributed by atoms with van der Waals surface area (Å²) in [6, 6.07) is 11.2. The van der Waals surface area contributed by atoms with Gasteiger partial charge in [0.05, 0.1) is 6.61 Å². The summed E-state index contributed by atoms with van der Waals surface area (Å²) < 4.78 is 5.58. The molecule has 1 saturated heterocycles. The maximum Gasteiger partial charge on any atom is 0.0510 e. The molecule has 1 aliphatic heterocycles. The molecule has 0 radical (unpaired) electrons. The Hall–Kier alpha value is -1.06. The fourth-order valence-corrected chi connectivity index (χ4v) is 2.87. The summed E-state index contributed by atoms with van der Waals surface area (Å²) in [6.07, 6.45) is 2.37. The number of nitrogens with one attached hydrogen (secondary N) is 1. The van der Waals surface area contributed by atoms with E-state index in [1.165, 1.54) is 18.5 Å². The van der Waals surface area contributed by atoms with E-state index < -0.39 is 0 Å². The van der Waals surface area contributed by atoms with Crippen LogP contribution in [0.15, 0.2) is 30.3 Å². The summed E-state index contributed by atoms with van der Waals surface area (Å²) in [5.74, 6) is 0.652. The molecule has 2 rings (SSSR count). The number of para-hydroxylation sites is 1. The van der Waals surface area contributed by atoms with Gasteiger partial charge in [0.25, 0.3) is 0 Å². The number of nitrogens with zero attached hydrogens (tertiary/aromatic N) is 1. The fourth-order valence-electron chi connectivity index (χ4n) is 2.87. The van der Waals surface area contributed by atoms with E-state index in [9.17, 15) is 0 Å². The van der Waals surface area contributed by atoms with Gasteiger partial charge in [-0.1, -0.05) is 25.1 Å². The Morgan fingerprint density at radius 1 is 1.30 bits per heavy atom. The smallest absolute Gasteiger partial charge is 0.0510 e. The minimum absolute atomic E-state index is 0.526. The van der Waals surface area contributed by atoms with Gasteiger partial charge in [-0.2, -0.15) is 0 Å². The standard InChI is InChI=1S/C17H28N2O/c1-3-11-18-17(15-10-12-20-14-15)13-19(4-2)16-8-6-5-7-9-16/h5-9,15,17-18H,3-4,10-14H2,1-2H3. The van der Waals surface area contributed by atoms with Gasteiger partial charge in [0.2, 0.25) is 0 Å². The molecule has 0 spiro atoms. The lowest BCUT2D eigenvalue weighted by atomic mass is 9.98. The molecular weight excluding hydrogens is 248 g/mol. The average molecular weight is 276 g/mol. The van der Waals surface area contributed by atoms with Crippen LogP contribution in [0.3, 0.4) is 0 Å². The third kappa shape index (κ3) is 4.22. The van der Waals surface area contributed by atoms with Gasteiger partial charge in [0.15, 0.2) is 0 Å². The van der Waals surface area contributed by atoms with Crippen molar-refractivity contribution in [3.63, 3.8) is 0 Å². The molecule has 112 valence electrons. The molecule has 3 heteroatoms. The third-order valence-electron chi connectivity index (χ3n) is 4.11. The molecule has 1 N–H and O–H groups in total. The predicted molar refractivity (Wildman–Crippen MR) is 85.3 cm³/mol. The van der Waals surface area contributed by atoms with Crippen molar-refractivity contribution in [1.82, 2.24) is 5.32 Å². The zero-order valence-electron chi connectivity index (χ0n) is 12.8. The second-order valence-electron chi connectivity index (χ2n) is 5.56. The zero-order valence-corrected chi connectivity index (χ0v) is 12.8. The highest BCUT2D eigenvalue weighted by Gasteiger charge is 2.26. The van der Waals surface area contributed by atoms with E-state index in [1.807, 2.05) is 0 Å². The highest BCUT2D eigenvalue weighted by atomic mass is 16.5. The van der Waals surface area contributed by atoms with E-state index in [-0.39, 0.29) is 0 Å². The summed E-state index contributed by atoms with van der Waals surface area (Å²) in [4.78, 5) is 2.46. The maximum atomic E-state index is 5.58. The Bertz CT molecular complexity index is 363. The van der Waals surface area contributed by atoms with E-state index in [1.54, 1.807) is 0 Å². The molecule has 1 heterocycles. The van der Waals surface area contributed by atoms with Crippen LogP contribution in [0.1, 0.15) is 26.7 Å². The molecule has 0 amide bonds. The predicted octanol–water partition coefficient (Wildman–Crippen LogP) is 2.92. The summed E-state index contributed by atoms with van der Waals surface area (Å²) >= 11 is 0. The van der Waals surface area contributed by atoms with Crippen molar-refractivity contribution in [2.45, 2.75) is 32.7 Å². The normalized spacial score (nSPS) is 20.0. The highest BCUT2D eigenvalue weighted by Crippen LogP contribution is 2.20. The second kappa shape index (κ2) is 8.28. The number of benzene rings is 1. The molecule has 0 saturated carbocycles. The minimum atomic E-state index is 0.526. The van der Waals surface area contributed by atoms with Crippen molar-refractivity contribution in [2.75, 3.05) is 37.7 Å². The molecule has 20 heavy (non-hydrogen) atoms. The molecular formula is C17H28N2O. The quantitative estimate of drug-likeness (QED) is 0.790. The van der Waals surface area contributed by atoms with E-state index in [0.717, 1.165) is 32.8 Å². The van der Waals surface area contributed by atoms with E-state index in [2.05, 4.69) is 54.4 Å². The first kappa shape index (κ1) is 15.3. The molecule has 0 aromatic heterocycles.